The molecule has 3 heterocycles. The van der Waals surface area contributed by atoms with Gasteiger partial charge in [-0.2, -0.15) is 5.26 Å². The predicted octanol–water partition coefficient (Wildman–Crippen LogP) is -5.99. The van der Waals surface area contributed by atoms with Crippen LogP contribution >= 0.6 is 0 Å². The summed E-state index contributed by atoms with van der Waals surface area (Å²) in [6.07, 6.45) is 7.25. The average Bonchev–Trinajstić information content (AvgIpc) is 2.82. The molecular weight excluding hydrogens is 603 g/mol. The number of aromatic nitrogens is 3. The molecule has 0 N–H and O–H groups in total. The average molecular weight is 627 g/mol. The van der Waals surface area contributed by atoms with E-state index in [0.29, 0.717) is 6.54 Å². The van der Waals surface area contributed by atoms with E-state index in [9.17, 15) is 0 Å². The molecule has 0 aromatic carbocycles. The smallest absolute Gasteiger partial charge is 0.290 e. The molecule has 0 spiro atoms. The summed E-state index contributed by atoms with van der Waals surface area (Å²) in [6, 6.07) is 19.5. The predicted molar refractivity (Wildman–Crippen MR) is 111 cm³/mol. The van der Waals surface area contributed by atoms with Crippen molar-refractivity contribution in [2.45, 2.75) is 20.0 Å². The number of hydrogen-bond acceptors (Lipinski definition) is 14. The SMILES string of the molecule is C(=NCCN(Cc1ccccn1)Cc1ccccn1)c1ccccn1.CC#N.[Fe+3].[O-][Cl+3]([O-])([O-])[O-].[O-][Cl+3]([O-])([O-])[O-]. The first-order valence-electron chi connectivity index (χ1n) is 10.3. The summed E-state index contributed by atoms with van der Waals surface area (Å²) < 4.78 is 67.9. The van der Waals surface area contributed by atoms with Gasteiger partial charge in [-0.15, -0.1) is 20.5 Å². The van der Waals surface area contributed by atoms with Crippen molar-refractivity contribution in [1.82, 2.24) is 19.9 Å². The van der Waals surface area contributed by atoms with Crippen LogP contribution in [0.15, 0.2) is 78.2 Å². The minimum absolute atomic E-state index is 0. The maximum absolute atomic E-state index is 8.49. The molecule has 3 aromatic heterocycles. The summed E-state index contributed by atoms with van der Waals surface area (Å²) in [5.74, 6) is 0. The Morgan fingerprint density at radius 2 is 1.15 bits per heavy atom. The van der Waals surface area contributed by atoms with E-state index in [-0.39, 0.29) is 17.1 Å². The molecule has 0 saturated carbocycles. The number of nitrogens with zero attached hydrogens (tertiary/aromatic N) is 6. The molecule has 0 aliphatic carbocycles. The molecule has 0 atom stereocenters. The van der Waals surface area contributed by atoms with Crippen molar-refractivity contribution in [3.63, 3.8) is 0 Å². The second-order valence-electron chi connectivity index (χ2n) is 6.62. The molecular formula is C22H24Cl2FeN6O8+. The van der Waals surface area contributed by atoms with E-state index < -0.39 is 20.5 Å². The Kier molecular flexibility index (Phi) is 21.9. The van der Waals surface area contributed by atoms with Crippen molar-refractivity contribution in [3.05, 3.63) is 90.3 Å². The fraction of sp³-hybridized carbons (Fsp3) is 0.227. The summed E-state index contributed by atoms with van der Waals surface area (Å²) in [5, 5.41) is 7.32. The van der Waals surface area contributed by atoms with E-state index >= 15 is 0 Å². The van der Waals surface area contributed by atoms with E-state index in [1.54, 1.807) is 12.3 Å². The second-order valence-corrected chi connectivity index (χ2v) is 8.13. The van der Waals surface area contributed by atoms with Crippen LogP contribution in [-0.2, 0) is 30.2 Å². The van der Waals surface area contributed by atoms with Gasteiger partial charge in [0.05, 0.1) is 29.7 Å². The van der Waals surface area contributed by atoms with Gasteiger partial charge in [0, 0.05) is 51.4 Å². The molecule has 0 aliphatic rings. The van der Waals surface area contributed by atoms with Crippen molar-refractivity contribution in [1.29, 1.82) is 5.26 Å². The van der Waals surface area contributed by atoms with Gasteiger partial charge in [0.25, 0.3) is 0 Å². The fourth-order valence-corrected chi connectivity index (χ4v) is 2.47. The molecule has 0 unspecified atom stereocenters. The first-order chi connectivity index (χ1) is 17.8. The minimum Gasteiger partial charge on any atom is -0.290 e. The monoisotopic (exact) mass is 626 g/mol. The molecule has 3 rings (SSSR count). The quantitative estimate of drug-likeness (QED) is 0.167. The molecule has 39 heavy (non-hydrogen) atoms. The summed E-state index contributed by atoms with van der Waals surface area (Å²) >= 11 is 0. The number of hydrogen-bond donors (Lipinski definition) is 0. The van der Waals surface area contributed by atoms with Crippen LogP contribution in [0.4, 0.5) is 0 Å². The van der Waals surface area contributed by atoms with Crippen molar-refractivity contribution in [2.24, 2.45) is 4.99 Å². The Morgan fingerprint density at radius 1 is 0.769 bits per heavy atom. The Hall–Kier alpha value is -2.65. The zero-order valence-electron chi connectivity index (χ0n) is 20.4. The molecule has 3 aromatic rings. The Balaban J connectivity index is 0. The van der Waals surface area contributed by atoms with E-state index in [0.717, 1.165) is 36.7 Å². The maximum atomic E-state index is 8.49. The third kappa shape index (κ3) is 29.8. The van der Waals surface area contributed by atoms with Crippen LogP contribution in [0.2, 0.25) is 0 Å². The van der Waals surface area contributed by atoms with Crippen LogP contribution in [0, 0.1) is 31.8 Å². The van der Waals surface area contributed by atoms with E-state index in [1.165, 1.54) is 6.92 Å². The van der Waals surface area contributed by atoms with Gasteiger partial charge in [0.1, 0.15) is 0 Å². The van der Waals surface area contributed by atoms with Crippen LogP contribution in [0.25, 0.3) is 0 Å². The van der Waals surface area contributed by atoms with Crippen molar-refractivity contribution >= 4 is 6.21 Å². The molecule has 1 radical (unpaired) electrons. The zero-order valence-corrected chi connectivity index (χ0v) is 23.0. The number of halogens is 2. The summed E-state index contributed by atoms with van der Waals surface area (Å²) in [6.45, 7) is 4.51. The first-order valence-corrected chi connectivity index (χ1v) is 12.8. The van der Waals surface area contributed by atoms with Gasteiger partial charge in [0.2, 0.25) is 0 Å². The van der Waals surface area contributed by atoms with Crippen LogP contribution in [0.3, 0.4) is 0 Å². The molecule has 17 heteroatoms. The third-order valence-electron chi connectivity index (χ3n) is 3.68. The van der Waals surface area contributed by atoms with Gasteiger partial charge in [-0.3, -0.25) is 24.8 Å². The molecule has 211 valence electrons. The molecule has 0 saturated heterocycles. The maximum Gasteiger partial charge on any atom is 3.00 e. The third-order valence-corrected chi connectivity index (χ3v) is 3.68. The summed E-state index contributed by atoms with van der Waals surface area (Å²) in [4.78, 5) is 19.9. The zero-order chi connectivity index (χ0) is 28.9. The van der Waals surface area contributed by atoms with Crippen molar-refractivity contribution < 1.29 is 74.8 Å². The van der Waals surface area contributed by atoms with E-state index in [4.69, 9.17) is 42.5 Å². The molecule has 14 nitrogen and oxygen atoms in total. The molecule has 0 fully saturated rings. The molecule has 0 amide bonds. The summed E-state index contributed by atoms with van der Waals surface area (Å²) in [7, 11) is -9.89. The second kappa shape index (κ2) is 22.2. The van der Waals surface area contributed by atoms with Crippen molar-refractivity contribution in [3.8, 4) is 6.07 Å². The van der Waals surface area contributed by atoms with Crippen LogP contribution in [0.1, 0.15) is 24.0 Å². The Labute approximate surface area is 240 Å². The van der Waals surface area contributed by atoms with Crippen LogP contribution in [-0.4, -0.2) is 39.2 Å². The van der Waals surface area contributed by atoms with Gasteiger partial charge in [-0.05, 0) is 36.4 Å². The largest absolute Gasteiger partial charge is 3.00 e. The van der Waals surface area contributed by atoms with Gasteiger partial charge in [-0.25, -0.2) is 37.3 Å². The van der Waals surface area contributed by atoms with Gasteiger partial charge >= 0.3 is 17.1 Å². The molecule has 0 aliphatic heterocycles. The van der Waals surface area contributed by atoms with Crippen molar-refractivity contribution in [2.75, 3.05) is 13.1 Å². The Morgan fingerprint density at radius 3 is 1.49 bits per heavy atom. The summed E-state index contributed by atoms with van der Waals surface area (Å²) in [5.41, 5.74) is 2.97. The number of pyridine rings is 3. The number of rotatable bonds is 8. The van der Waals surface area contributed by atoms with E-state index in [2.05, 4.69) is 24.8 Å². The van der Waals surface area contributed by atoms with Gasteiger partial charge < -0.3 is 0 Å². The van der Waals surface area contributed by atoms with E-state index in [1.807, 2.05) is 73.2 Å². The van der Waals surface area contributed by atoms with Crippen LogP contribution in [0.5, 0.6) is 0 Å². The van der Waals surface area contributed by atoms with Crippen LogP contribution < -0.4 is 37.3 Å². The first kappa shape index (κ1) is 38.5. The normalized spacial score (nSPS) is 10.5. The number of aliphatic imine (C=N–C) groups is 1. The van der Waals surface area contributed by atoms with Gasteiger partial charge in [-0.1, -0.05) is 18.2 Å². The Bertz CT molecular complexity index is 992. The van der Waals surface area contributed by atoms with Gasteiger partial charge in [0.15, 0.2) is 0 Å². The standard InChI is InChI=1S/C20H21N5.C2H3N.2ClHO4.Fe/c1-4-10-22-18(7-1)15-21-13-14-25(16-19-8-2-5-11-23-19)17-20-9-3-6-12-24-20;1-2-3;2*2-1(3,4)5;/h1-12,15H,13-14,16-17H2;1H3;2*(H,2,3,4,5);/q;;;;+3/p-2. The molecule has 0 bridgehead atoms. The number of nitriles is 1. The fourth-order valence-electron chi connectivity index (χ4n) is 2.47. The minimum atomic E-state index is -4.94. The topological polar surface area (TPSA) is 263 Å².